The van der Waals surface area contributed by atoms with Crippen LogP contribution in [0.2, 0.25) is 0 Å². The number of aryl methyl sites for hydroxylation is 1. The molecule has 20 heavy (non-hydrogen) atoms. The van der Waals surface area contributed by atoms with Gasteiger partial charge in [-0.15, -0.1) is 0 Å². The van der Waals surface area contributed by atoms with Crippen LogP contribution >= 0.6 is 0 Å². The highest BCUT2D eigenvalue weighted by Crippen LogP contribution is 2.52. The fraction of sp³-hybridized carbons (Fsp3) is 0.556. The predicted octanol–water partition coefficient (Wildman–Crippen LogP) is 4.02. The topological polar surface area (TPSA) is 21.8 Å². The first kappa shape index (κ1) is 13.8. The first-order valence-electron chi connectivity index (χ1n) is 7.50. The van der Waals surface area contributed by atoms with Crippen LogP contribution in [-0.4, -0.2) is 17.8 Å². The zero-order valence-corrected chi connectivity index (χ0v) is 12.7. The monoisotopic (exact) mass is 272 g/mol. The molecule has 1 aliphatic carbocycles. The highest BCUT2D eigenvalue weighted by molar-refractivity contribution is 5.25. The second kappa shape index (κ2) is 5.01. The summed E-state index contributed by atoms with van der Waals surface area (Å²) in [5.41, 5.74) is 3.75. The van der Waals surface area contributed by atoms with Crippen LogP contribution in [0, 0.1) is 12.8 Å². The average molecular weight is 272 g/mol. The molecule has 0 amide bonds. The Morgan fingerprint density at radius 1 is 1.40 bits per heavy atom. The molecule has 0 N–H and O–H groups in total. The lowest BCUT2D eigenvalue weighted by Crippen LogP contribution is -2.38. The smallest absolute Gasteiger partial charge is 0.118 e. The number of epoxide rings is 1. The van der Waals surface area contributed by atoms with Gasteiger partial charge >= 0.3 is 0 Å². The quantitative estimate of drug-likeness (QED) is 0.610. The van der Waals surface area contributed by atoms with E-state index in [1.807, 2.05) is 0 Å². The lowest BCUT2D eigenvalue weighted by atomic mass is 9.78. The molecule has 1 aromatic carbocycles. The van der Waals surface area contributed by atoms with E-state index in [-0.39, 0.29) is 11.7 Å². The Morgan fingerprint density at radius 3 is 2.85 bits per heavy atom. The lowest BCUT2D eigenvalue weighted by Gasteiger charge is -2.31. The molecule has 4 atom stereocenters. The van der Waals surface area contributed by atoms with Crippen molar-refractivity contribution in [3.63, 3.8) is 0 Å². The van der Waals surface area contributed by atoms with E-state index in [0.29, 0.717) is 18.6 Å². The van der Waals surface area contributed by atoms with Gasteiger partial charge in [-0.3, -0.25) is 0 Å². The van der Waals surface area contributed by atoms with E-state index < -0.39 is 0 Å². The van der Waals surface area contributed by atoms with Gasteiger partial charge in [-0.2, -0.15) is 0 Å². The maximum atomic E-state index is 6.22. The van der Waals surface area contributed by atoms with Crippen LogP contribution in [0.5, 0.6) is 0 Å². The van der Waals surface area contributed by atoms with Crippen LogP contribution in [0.3, 0.4) is 0 Å². The maximum Gasteiger partial charge on any atom is 0.118 e. The average Bonchev–Trinajstić information content (AvgIpc) is 3.08. The van der Waals surface area contributed by atoms with Crippen LogP contribution in [-0.2, 0) is 16.1 Å². The largest absolute Gasteiger partial charge is 0.370 e. The number of hydrogen-bond donors (Lipinski definition) is 0. The minimum absolute atomic E-state index is 0.0609. The van der Waals surface area contributed by atoms with Crippen LogP contribution in [0.15, 0.2) is 36.4 Å². The van der Waals surface area contributed by atoms with Crippen molar-refractivity contribution in [1.29, 1.82) is 0 Å². The van der Waals surface area contributed by atoms with E-state index in [4.69, 9.17) is 9.47 Å². The van der Waals surface area contributed by atoms with E-state index in [9.17, 15) is 0 Å². The van der Waals surface area contributed by atoms with Crippen molar-refractivity contribution in [2.45, 2.75) is 58.0 Å². The van der Waals surface area contributed by atoms with E-state index in [0.717, 1.165) is 12.8 Å². The van der Waals surface area contributed by atoms with Gasteiger partial charge in [0.25, 0.3) is 0 Å². The minimum atomic E-state index is -0.0609. The second-order valence-corrected chi connectivity index (χ2v) is 6.53. The predicted molar refractivity (Wildman–Crippen MR) is 80.6 cm³/mol. The molecule has 0 radical (unpaired) electrons. The van der Waals surface area contributed by atoms with Crippen LogP contribution in [0.1, 0.15) is 37.8 Å². The summed E-state index contributed by atoms with van der Waals surface area (Å²) in [7, 11) is 0. The molecule has 3 rings (SSSR count). The summed E-state index contributed by atoms with van der Waals surface area (Å²) >= 11 is 0. The van der Waals surface area contributed by atoms with Gasteiger partial charge in [-0.1, -0.05) is 36.4 Å². The maximum absolute atomic E-state index is 6.22. The summed E-state index contributed by atoms with van der Waals surface area (Å²) in [5.74, 6) is 0.539. The van der Waals surface area contributed by atoms with E-state index >= 15 is 0 Å². The zero-order chi connectivity index (χ0) is 14.3. The van der Waals surface area contributed by atoms with Gasteiger partial charge in [0.15, 0.2) is 0 Å². The Hall–Kier alpha value is -1.12. The van der Waals surface area contributed by atoms with Crippen molar-refractivity contribution >= 4 is 0 Å². The number of benzene rings is 1. The third-order valence-electron chi connectivity index (χ3n) is 5.01. The van der Waals surface area contributed by atoms with Crippen molar-refractivity contribution in [2.24, 2.45) is 5.92 Å². The van der Waals surface area contributed by atoms with Gasteiger partial charge in [0, 0.05) is 0 Å². The molecular formula is C18H24O2. The summed E-state index contributed by atoms with van der Waals surface area (Å²) in [6, 6.07) is 8.41. The molecule has 2 nitrogen and oxygen atoms in total. The van der Waals surface area contributed by atoms with Gasteiger partial charge in [0.2, 0.25) is 0 Å². The van der Waals surface area contributed by atoms with Gasteiger partial charge < -0.3 is 9.47 Å². The number of ether oxygens (including phenoxy) is 2. The van der Waals surface area contributed by atoms with Crippen LogP contribution in [0.4, 0.5) is 0 Å². The molecule has 1 heterocycles. The normalized spacial score (nSPS) is 35.5. The molecule has 108 valence electrons. The van der Waals surface area contributed by atoms with Gasteiger partial charge in [-0.25, -0.2) is 0 Å². The van der Waals surface area contributed by atoms with Crippen molar-refractivity contribution < 1.29 is 9.47 Å². The number of fused-ring (bicyclic) bond motifs is 1. The molecule has 0 aromatic heterocycles. The molecule has 0 bridgehead atoms. The van der Waals surface area contributed by atoms with Gasteiger partial charge in [0.05, 0.1) is 18.8 Å². The summed E-state index contributed by atoms with van der Waals surface area (Å²) in [6.45, 7) is 11.2. The van der Waals surface area contributed by atoms with E-state index in [1.165, 1.54) is 16.7 Å². The summed E-state index contributed by atoms with van der Waals surface area (Å²) < 4.78 is 12.1. The van der Waals surface area contributed by atoms with Crippen molar-refractivity contribution in [3.05, 3.63) is 47.5 Å². The van der Waals surface area contributed by atoms with Crippen molar-refractivity contribution in [1.82, 2.24) is 0 Å². The highest BCUT2D eigenvalue weighted by Gasteiger charge is 2.61. The summed E-state index contributed by atoms with van der Waals surface area (Å²) in [4.78, 5) is 0. The zero-order valence-electron chi connectivity index (χ0n) is 12.7. The minimum Gasteiger partial charge on any atom is -0.370 e. The SMILES string of the molecule is C=C(C)C1CC(OCc2ccccc2C)C2(C)OC2C1. The molecule has 0 spiro atoms. The molecule has 2 heteroatoms. The third kappa shape index (κ3) is 2.43. The first-order chi connectivity index (χ1) is 9.50. The number of rotatable bonds is 4. The fourth-order valence-electron chi connectivity index (χ4n) is 3.28. The van der Waals surface area contributed by atoms with Gasteiger partial charge in [-0.05, 0) is 50.7 Å². The third-order valence-corrected chi connectivity index (χ3v) is 5.01. The fourth-order valence-corrected chi connectivity index (χ4v) is 3.28. The Balaban J connectivity index is 1.67. The Morgan fingerprint density at radius 2 is 2.15 bits per heavy atom. The number of hydrogen-bond acceptors (Lipinski definition) is 2. The van der Waals surface area contributed by atoms with Crippen LogP contribution < -0.4 is 0 Å². The van der Waals surface area contributed by atoms with E-state index in [2.05, 4.69) is 51.6 Å². The second-order valence-electron chi connectivity index (χ2n) is 6.53. The van der Waals surface area contributed by atoms with Crippen LogP contribution in [0.25, 0.3) is 0 Å². The number of allylic oxidation sites excluding steroid dienone is 1. The molecular weight excluding hydrogens is 248 g/mol. The molecule has 1 aromatic rings. The molecule has 1 saturated heterocycles. The molecule has 1 saturated carbocycles. The highest BCUT2D eigenvalue weighted by atomic mass is 16.6. The summed E-state index contributed by atoms with van der Waals surface area (Å²) in [5, 5.41) is 0. The first-order valence-corrected chi connectivity index (χ1v) is 7.50. The molecule has 2 aliphatic rings. The Kier molecular flexibility index (Phi) is 3.47. The van der Waals surface area contributed by atoms with E-state index in [1.54, 1.807) is 0 Å². The molecule has 4 unspecified atom stereocenters. The van der Waals surface area contributed by atoms with Crippen molar-refractivity contribution in [2.75, 3.05) is 0 Å². The Bertz CT molecular complexity index is 522. The standard InChI is InChI=1S/C18H24O2/c1-12(2)15-9-16(18(4)17(10-15)20-18)19-11-14-8-6-5-7-13(14)3/h5-8,15-17H,1,9-11H2,2-4H3. The Labute approximate surface area is 121 Å². The molecule has 1 aliphatic heterocycles. The molecule has 2 fully saturated rings. The van der Waals surface area contributed by atoms with Crippen molar-refractivity contribution in [3.8, 4) is 0 Å². The van der Waals surface area contributed by atoms with Gasteiger partial charge in [0.1, 0.15) is 5.60 Å². The summed E-state index contributed by atoms with van der Waals surface area (Å²) in [6.07, 6.45) is 2.69. The lowest BCUT2D eigenvalue weighted by molar-refractivity contribution is -0.0238.